The van der Waals surface area contributed by atoms with Gasteiger partial charge in [-0.15, -0.1) is 0 Å². The summed E-state index contributed by atoms with van der Waals surface area (Å²) in [6.45, 7) is 7.03. The van der Waals surface area contributed by atoms with Gasteiger partial charge in [-0.2, -0.15) is 0 Å². The minimum Gasteiger partial charge on any atom is -0.382 e. The van der Waals surface area contributed by atoms with Gasteiger partial charge in [0, 0.05) is 13.2 Å². The molecule has 1 rings (SSSR count). The quantitative estimate of drug-likeness (QED) is 0.801. The molecule has 0 radical (unpaired) electrons. The number of rotatable bonds is 7. The molecule has 0 amide bonds. The van der Waals surface area contributed by atoms with Crippen LogP contribution < -0.4 is 5.32 Å². The molecule has 0 aromatic heterocycles. The lowest BCUT2D eigenvalue weighted by Gasteiger charge is -2.22. The highest BCUT2D eigenvalue weighted by atomic mass is 19.1. The molecule has 3 heteroatoms. The van der Waals surface area contributed by atoms with Crippen molar-refractivity contribution >= 4 is 0 Å². The normalized spacial score (nSPS) is 14.5. The van der Waals surface area contributed by atoms with Gasteiger partial charge in [0.1, 0.15) is 5.82 Å². The molecule has 0 heterocycles. The molecule has 2 atom stereocenters. The van der Waals surface area contributed by atoms with Crippen LogP contribution in [0.15, 0.2) is 18.2 Å². The fourth-order valence-corrected chi connectivity index (χ4v) is 2.12. The third-order valence-corrected chi connectivity index (χ3v) is 3.33. The number of hydrogen-bond donors (Lipinski definition) is 1. The van der Waals surface area contributed by atoms with E-state index in [1.54, 1.807) is 13.2 Å². The molecular weight excluding hydrogens is 229 g/mol. The average molecular weight is 253 g/mol. The molecule has 0 aliphatic heterocycles. The molecule has 1 aromatic carbocycles. The van der Waals surface area contributed by atoms with Gasteiger partial charge in [0.2, 0.25) is 0 Å². The number of benzene rings is 1. The molecular formula is C15H24FNO. The van der Waals surface area contributed by atoms with E-state index in [0.29, 0.717) is 0 Å². The van der Waals surface area contributed by atoms with Gasteiger partial charge in [0.15, 0.2) is 0 Å². The number of methoxy groups -OCH3 is 1. The lowest BCUT2D eigenvalue weighted by molar-refractivity contribution is 0.106. The van der Waals surface area contributed by atoms with Crippen molar-refractivity contribution < 1.29 is 9.13 Å². The number of ether oxygens (including phenoxy) is 1. The van der Waals surface area contributed by atoms with Gasteiger partial charge in [-0.1, -0.05) is 13.0 Å². The van der Waals surface area contributed by atoms with Crippen LogP contribution in [0.5, 0.6) is 0 Å². The van der Waals surface area contributed by atoms with E-state index in [2.05, 4.69) is 19.2 Å². The van der Waals surface area contributed by atoms with Gasteiger partial charge in [-0.25, -0.2) is 4.39 Å². The summed E-state index contributed by atoms with van der Waals surface area (Å²) in [5.41, 5.74) is 2.19. The largest absolute Gasteiger partial charge is 0.382 e. The van der Waals surface area contributed by atoms with Crippen molar-refractivity contribution in [3.8, 4) is 0 Å². The van der Waals surface area contributed by atoms with Gasteiger partial charge in [0.25, 0.3) is 0 Å². The molecule has 0 saturated heterocycles. The van der Waals surface area contributed by atoms with E-state index >= 15 is 0 Å². The van der Waals surface area contributed by atoms with Crippen LogP contribution in [0, 0.1) is 12.7 Å². The number of hydrogen-bond acceptors (Lipinski definition) is 2. The van der Waals surface area contributed by atoms with Gasteiger partial charge < -0.3 is 10.1 Å². The average Bonchev–Trinajstić information content (AvgIpc) is 2.37. The number of halogens is 1. The first-order valence-electron chi connectivity index (χ1n) is 6.60. The smallest absolute Gasteiger partial charge is 0.123 e. The van der Waals surface area contributed by atoms with E-state index in [4.69, 9.17) is 4.74 Å². The molecule has 0 aliphatic carbocycles. The topological polar surface area (TPSA) is 21.3 Å². The van der Waals surface area contributed by atoms with Crippen molar-refractivity contribution in [1.82, 2.24) is 5.32 Å². The fourth-order valence-electron chi connectivity index (χ4n) is 2.12. The Morgan fingerprint density at radius 2 is 2.06 bits per heavy atom. The molecule has 1 N–H and O–H groups in total. The van der Waals surface area contributed by atoms with Crippen LogP contribution in [0.3, 0.4) is 0 Å². The summed E-state index contributed by atoms with van der Waals surface area (Å²) in [5.74, 6) is -0.168. The maximum absolute atomic E-state index is 13.4. The highest BCUT2D eigenvalue weighted by molar-refractivity contribution is 5.29. The molecule has 0 bridgehead atoms. The molecule has 2 unspecified atom stereocenters. The van der Waals surface area contributed by atoms with Crippen molar-refractivity contribution in [2.24, 2.45) is 0 Å². The van der Waals surface area contributed by atoms with E-state index in [9.17, 15) is 4.39 Å². The van der Waals surface area contributed by atoms with Crippen molar-refractivity contribution in [3.05, 3.63) is 35.1 Å². The summed E-state index contributed by atoms with van der Waals surface area (Å²) >= 11 is 0. The van der Waals surface area contributed by atoms with Crippen LogP contribution in [-0.2, 0) is 4.74 Å². The minimum absolute atomic E-state index is 0.168. The Bertz CT molecular complexity index is 368. The SMILES string of the molecule is CCNC(CCC(C)OC)c1cc(F)ccc1C. The van der Waals surface area contributed by atoms with Crippen molar-refractivity contribution in [3.63, 3.8) is 0 Å². The molecule has 18 heavy (non-hydrogen) atoms. The lowest BCUT2D eigenvalue weighted by atomic mass is 9.96. The Kier molecular flexibility index (Phi) is 6.30. The number of nitrogens with one attached hydrogen (secondary N) is 1. The summed E-state index contributed by atoms with van der Waals surface area (Å²) in [7, 11) is 1.72. The van der Waals surface area contributed by atoms with Gasteiger partial charge >= 0.3 is 0 Å². The van der Waals surface area contributed by atoms with Gasteiger partial charge in [0.05, 0.1) is 6.10 Å². The zero-order valence-electron chi connectivity index (χ0n) is 11.8. The van der Waals surface area contributed by atoms with Gasteiger partial charge in [-0.05, 0) is 56.5 Å². The zero-order valence-corrected chi connectivity index (χ0v) is 11.8. The van der Waals surface area contributed by atoms with Crippen LogP contribution >= 0.6 is 0 Å². The van der Waals surface area contributed by atoms with E-state index in [-0.39, 0.29) is 18.0 Å². The molecule has 0 fully saturated rings. The highest BCUT2D eigenvalue weighted by Crippen LogP contribution is 2.24. The first-order chi connectivity index (χ1) is 8.58. The first kappa shape index (κ1) is 15.1. The summed E-state index contributed by atoms with van der Waals surface area (Å²) in [5, 5.41) is 3.42. The Balaban J connectivity index is 2.79. The predicted molar refractivity (Wildman–Crippen MR) is 73.3 cm³/mol. The van der Waals surface area contributed by atoms with Crippen molar-refractivity contribution in [2.75, 3.05) is 13.7 Å². The Morgan fingerprint density at radius 3 is 2.67 bits per heavy atom. The standard InChI is InChI=1S/C15H24FNO/c1-5-17-15(9-7-12(3)18-4)14-10-13(16)8-6-11(14)2/h6,8,10,12,15,17H,5,7,9H2,1-4H3. The summed E-state index contributed by atoms with van der Waals surface area (Å²) in [6, 6.07) is 5.19. The van der Waals surface area contributed by atoms with Crippen LogP contribution in [0.25, 0.3) is 0 Å². The highest BCUT2D eigenvalue weighted by Gasteiger charge is 2.14. The summed E-state index contributed by atoms with van der Waals surface area (Å²) < 4.78 is 18.6. The maximum atomic E-state index is 13.4. The van der Waals surface area contributed by atoms with Crippen LogP contribution in [0.1, 0.15) is 43.9 Å². The van der Waals surface area contributed by atoms with Crippen LogP contribution in [-0.4, -0.2) is 19.8 Å². The minimum atomic E-state index is -0.168. The fraction of sp³-hybridized carbons (Fsp3) is 0.600. The van der Waals surface area contributed by atoms with Crippen LogP contribution in [0.4, 0.5) is 4.39 Å². The molecule has 102 valence electrons. The van der Waals surface area contributed by atoms with E-state index in [1.807, 2.05) is 13.0 Å². The molecule has 0 aliphatic rings. The second kappa shape index (κ2) is 7.49. The van der Waals surface area contributed by atoms with E-state index in [0.717, 1.165) is 30.5 Å². The third kappa shape index (κ3) is 4.39. The summed E-state index contributed by atoms with van der Waals surface area (Å²) in [6.07, 6.45) is 2.15. The summed E-state index contributed by atoms with van der Waals surface area (Å²) in [4.78, 5) is 0. The Hall–Kier alpha value is -0.930. The van der Waals surface area contributed by atoms with E-state index in [1.165, 1.54) is 6.07 Å². The van der Waals surface area contributed by atoms with E-state index < -0.39 is 0 Å². The lowest BCUT2D eigenvalue weighted by Crippen LogP contribution is -2.23. The number of aryl methyl sites for hydroxylation is 1. The Morgan fingerprint density at radius 1 is 1.33 bits per heavy atom. The second-order valence-electron chi connectivity index (χ2n) is 4.73. The maximum Gasteiger partial charge on any atom is 0.123 e. The Labute approximate surface area is 110 Å². The first-order valence-corrected chi connectivity index (χ1v) is 6.60. The third-order valence-electron chi connectivity index (χ3n) is 3.33. The molecule has 1 aromatic rings. The molecule has 0 saturated carbocycles. The molecule has 2 nitrogen and oxygen atoms in total. The molecule has 0 spiro atoms. The monoisotopic (exact) mass is 253 g/mol. The zero-order chi connectivity index (χ0) is 13.5. The van der Waals surface area contributed by atoms with Crippen molar-refractivity contribution in [1.29, 1.82) is 0 Å². The predicted octanol–water partition coefficient (Wildman–Crippen LogP) is 3.60. The van der Waals surface area contributed by atoms with Gasteiger partial charge in [-0.3, -0.25) is 0 Å². The van der Waals surface area contributed by atoms with Crippen molar-refractivity contribution in [2.45, 2.75) is 45.8 Å². The second-order valence-corrected chi connectivity index (χ2v) is 4.73. The van der Waals surface area contributed by atoms with Crippen LogP contribution in [0.2, 0.25) is 0 Å².